The maximum absolute atomic E-state index is 3.59. The lowest BCUT2D eigenvalue weighted by atomic mass is 10.3. The fourth-order valence-corrected chi connectivity index (χ4v) is 0.331. The lowest BCUT2D eigenvalue weighted by molar-refractivity contribution is 1.50. The second-order valence-electron chi connectivity index (χ2n) is 1.45. The maximum Gasteiger partial charge on any atom is -0.0310 e. The quantitative estimate of drug-likeness (QED) is 0.438. The lowest BCUT2D eigenvalue weighted by Gasteiger charge is -1.81. The van der Waals surface area contributed by atoms with E-state index in [0.29, 0.717) is 0 Å². The first-order chi connectivity index (χ1) is 3.31. The van der Waals surface area contributed by atoms with Gasteiger partial charge in [0.1, 0.15) is 0 Å². The fraction of sp³-hybridized carbons (Fsp3) is 0.286. The summed E-state index contributed by atoms with van der Waals surface area (Å²) in [6.07, 6.45) is 5.85. The highest BCUT2D eigenvalue weighted by Crippen LogP contribution is 1.90. The molecule has 7 heavy (non-hydrogen) atoms. The highest BCUT2D eigenvalue weighted by molar-refractivity contribution is 5.15. The van der Waals surface area contributed by atoms with Crippen LogP contribution in [0.2, 0.25) is 0 Å². The molecule has 0 aliphatic rings. The summed E-state index contributed by atoms with van der Waals surface area (Å²) >= 11 is 0. The number of hydrogen-bond acceptors (Lipinski definition) is 0. The molecule has 0 amide bonds. The minimum absolute atomic E-state index is 1.21. The molecule has 0 saturated heterocycles. The van der Waals surface area contributed by atoms with E-state index in [1.54, 1.807) is 0 Å². The zero-order valence-electron chi connectivity index (χ0n) is 4.94. The van der Waals surface area contributed by atoms with Gasteiger partial charge in [-0.25, -0.2) is 0 Å². The van der Waals surface area contributed by atoms with Gasteiger partial charge in [-0.2, -0.15) is 0 Å². The molecule has 0 bridgehead atoms. The Balaban J connectivity index is 3.58. The summed E-state index contributed by atoms with van der Waals surface area (Å²) in [5.74, 6) is 0. The van der Waals surface area contributed by atoms with E-state index >= 15 is 0 Å². The van der Waals surface area contributed by atoms with Gasteiger partial charge < -0.3 is 0 Å². The van der Waals surface area contributed by atoms with E-state index in [1.807, 2.05) is 32.1 Å². The summed E-state index contributed by atoms with van der Waals surface area (Å²) in [6.45, 7) is 7.60. The smallest absolute Gasteiger partial charge is 0.0310 e. The van der Waals surface area contributed by atoms with Gasteiger partial charge in [0.05, 0.1) is 0 Å². The Morgan fingerprint density at radius 1 is 1.57 bits per heavy atom. The average molecular weight is 95.2 g/mol. The third-order valence-corrected chi connectivity index (χ3v) is 0.752. The van der Waals surface area contributed by atoms with Crippen LogP contribution in [0.5, 0.6) is 0 Å². The van der Waals surface area contributed by atoms with Gasteiger partial charge in [0.25, 0.3) is 0 Å². The summed E-state index contributed by atoms with van der Waals surface area (Å²) in [5, 5.41) is 0. The third-order valence-electron chi connectivity index (χ3n) is 0.752. The standard InChI is InChI=1S/C7H11/c1-4-6-7(3)5-2/h4-6H,2H2,1,3H3/b6-4+,7-5-. The predicted octanol–water partition coefficient (Wildman–Crippen LogP) is 2.34. The molecule has 0 heteroatoms. The van der Waals surface area contributed by atoms with Crippen LogP contribution >= 0.6 is 0 Å². The normalized spacial score (nSPS) is 13.3. The van der Waals surface area contributed by atoms with Gasteiger partial charge in [0.15, 0.2) is 0 Å². The Hall–Kier alpha value is -0.520. The Labute approximate surface area is 45.5 Å². The van der Waals surface area contributed by atoms with Crippen molar-refractivity contribution in [1.82, 2.24) is 0 Å². The van der Waals surface area contributed by atoms with Crippen molar-refractivity contribution in [2.45, 2.75) is 13.8 Å². The van der Waals surface area contributed by atoms with E-state index in [9.17, 15) is 0 Å². The van der Waals surface area contributed by atoms with Crippen LogP contribution in [0, 0.1) is 6.92 Å². The van der Waals surface area contributed by atoms with Crippen molar-refractivity contribution < 1.29 is 0 Å². The van der Waals surface area contributed by atoms with Crippen LogP contribution in [0.3, 0.4) is 0 Å². The third kappa shape index (κ3) is 3.31. The van der Waals surface area contributed by atoms with Crippen molar-refractivity contribution in [3.63, 3.8) is 0 Å². The van der Waals surface area contributed by atoms with Crippen LogP contribution in [0.1, 0.15) is 13.8 Å². The molecule has 0 heterocycles. The van der Waals surface area contributed by atoms with E-state index in [1.165, 1.54) is 5.57 Å². The van der Waals surface area contributed by atoms with Crippen molar-refractivity contribution >= 4 is 0 Å². The molecule has 0 N–H and O–H groups in total. The Bertz CT molecular complexity index is 86.2. The Morgan fingerprint density at radius 2 is 2.14 bits per heavy atom. The monoisotopic (exact) mass is 95.1 g/mol. The molecule has 0 aliphatic carbocycles. The molecule has 39 valence electrons. The maximum atomic E-state index is 3.59. The SMILES string of the molecule is [CH2]/C=C(C)\C=C\C. The largest absolute Gasteiger partial charge is 0.0874 e. The van der Waals surface area contributed by atoms with Gasteiger partial charge in [-0.1, -0.05) is 23.8 Å². The van der Waals surface area contributed by atoms with Crippen LogP contribution in [-0.4, -0.2) is 0 Å². The number of allylic oxidation sites excluding steroid dienone is 4. The van der Waals surface area contributed by atoms with Crippen molar-refractivity contribution in [2.24, 2.45) is 0 Å². The summed E-state index contributed by atoms with van der Waals surface area (Å²) in [7, 11) is 0. The Morgan fingerprint density at radius 3 is 2.29 bits per heavy atom. The molecule has 0 aromatic carbocycles. The summed E-state index contributed by atoms with van der Waals surface area (Å²) in [6, 6.07) is 0. The first kappa shape index (κ1) is 6.48. The van der Waals surface area contributed by atoms with E-state index in [0.717, 1.165) is 0 Å². The average Bonchev–Trinajstić information content (AvgIpc) is 1.68. The number of hydrogen-bond donors (Lipinski definition) is 0. The molecule has 0 aromatic heterocycles. The fourth-order valence-electron chi connectivity index (χ4n) is 0.331. The molecular formula is C7H11. The lowest BCUT2D eigenvalue weighted by Crippen LogP contribution is -1.60. The molecule has 0 rings (SSSR count). The molecular weight excluding hydrogens is 84.1 g/mol. The van der Waals surface area contributed by atoms with E-state index in [4.69, 9.17) is 0 Å². The molecule has 0 aromatic rings. The van der Waals surface area contributed by atoms with Gasteiger partial charge in [-0.15, -0.1) is 0 Å². The van der Waals surface area contributed by atoms with Crippen molar-refractivity contribution in [3.8, 4) is 0 Å². The molecule has 0 atom stereocenters. The molecule has 0 aliphatic heterocycles. The summed E-state index contributed by atoms with van der Waals surface area (Å²) in [4.78, 5) is 0. The van der Waals surface area contributed by atoms with Gasteiger partial charge in [-0.3, -0.25) is 0 Å². The summed E-state index contributed by atoms with van der Waals surface area (Å²) < 4.78 is 0. The number of rotatable bonds is 1. The second-order valence-corrected chi connectivity index (χ2v) is 1.45. The molecule has 1 radical (unpaired) electrons. The van der Waals surface area contributed by atoms with Gasteiger partial charge in [0.2, 0.25) is 0 Å². The minimum atomic E-state index is 1.21. The van der Waals surface area contributed by atoms with Crippen molar-refractivity contribution in [1.29, 1.82) is 0 Å². The zero-order valence-corrected chi connectivity index (χ0v) is 4.94. The van der Waals surface area contributed by atoms with Gasteiger partial charge >= 0.3 is 0 Å². The highest BCUT2D eigenvalue weighted by atomic mass is 13.8. The predicted molar refractivity (Wildman–Crippen MR) is 33.9 cm³/mol. The van der Waals surface area contributed by atoms with E-state index in [2.05, 4.69) is 6.92 Å². The zero-order chi connectivity index (χ0) is 5.70. The first-order valence-corrected chi connectivity index (χ1v) is 2.40. The van der Waals surface area contributed by atoms with Crippen molar-refractivity contribution in [3.05, 3.63) is 30.7 Å². The molecule has 0 nitrogen and oxygen atoms in total. The molecule has 0 unspecified atom stereocenters. The summed E-state index contributed by atoms with van der Waals surface area (Å²) in [5.41, 5.74) is 1.21. The van der Waals surface area contributed by atoms with Gasteiger partial charge in [-0.05, 0) is 20.8 Å². The Kier molecular flexibility index (Phi) is 3.39. The first-order valence-electron chi connectivity index (χ1n) is 2.40. The molecule has 0 saturated carbocycles. The van der Waals surface area contributed by atoms with Crippen LogP contribution in [0.4, 0.5) is 0 Å². The van der Waals surface area contributed by atoms with Crippen LogP contribution in [0.25, 0.3) is 0 Å². The van der Waals surface area contributed by atoms with Crippen molar-refractivity contribution in [2.75, 3.05) is 0 Å². The highest BCUT2D eigenvalue weighted by Gasteiger charge is 1.69. The topological polar surface area (TPSA) is 0 Å². The molecule has 0 fully saturated rings. The van der Waals surface area contributed by atoms with E-state index in [-0.39, 0.29) is 0 Å². The minimum Gasteiger partial charge on any atom is -0.0874 e. The second kappa shape index (κ2) is 3.66. The van der Waals surface area contributed by atoms with Crippen LogP contribution in [0.15, 0.2) is 23.8 Å². The van der Waals surface area contributed by atoms with E-state index < -0.39 is 0 Å². The molecule has 0 spiro atoms. The van der Waals surface area contributed by atoms with Crippen LogP contribution < -0.4 is 0 Å². The van der Waals surface area contributed by atoms with Crippen LogP contribution in [-0.2, 0) is 0 Å². The van der Waals surface area contributed by atoms with Gasteiger partial charge in [0, 0.05) is 0 Å².